The van der Waals surface area contributed by atoms with Crippen molar-refractivity contribution < 1.29 is 14.5 Å². The zero-order valence-electron chi connectivity index (χ0n) is 12.3. The van der Waals surface area contributed by atoms with E-state index in [4.69, 9.17) is 4.74 Å². The van der Waals surface area contributed by atoms with Gasteiger partial charge in [-0.05, 0) is 24.6 Å². The second-order valence-electron chi connectivity index (χ2n) is 4.81. The Labute approximate surface area is 127 Å². The topological polar surface area (TPSA) is 81.5 Å². The van der Waals surface area contributed by atoms with Crippen LogP contribution in [-0.2, 0) is 11.2 Å². The summed E-state index contributed by atoms with van der Waals surface area (Å²) >= 11 is 0. The van der Waals surface area contributed by atoms with Crippen LogP contribution in [0, 0.1) is 17.0 Å². The molecular weight excluding hydrogens is 284 g/mol. The number of carbonyl (C=O) groups excluding carboxylic acids is 1. The Hall–Kier alpha value is -2.89. The maximum absolute atomic E-state index is 12.1. The van der Waals surface area contributed by atoms with Crippen LogP contribution in [0.4, 0.5) is 11.4 Å². The number of nitro groups is 1. The molecule has 0 aromatic heterocycles. The van der Waals surface area contributed by atoms with Gasteiger partial charge in [0.05, 0.1) is 18.5 Å². The number of methoxy groups -OCH3 is 1. The van der Waals surface area contributed by atoms with Crippen molar-refractivity contribution in [3.05, 3.63) is 63.7 Å². The molecule has 0 fully saturated rings. The number of rotatable bonds is 5. The molecule has 6 heteroatoms. The lowest BCUT2D eigenvalue weighted by atomic mass is 10.1. The van der Waals surface area contributed by atoms with Gasteiger partial charge < -0.3 is 10.1 Å². The summed E-state index contributed by atoms with van der Waals surface area (Å²) in [7, 11) is 1.53. The lowest BCUT2D eigenvalue weighted by Crippen LogP contribution is -2.16. The molecule has 0 spiro atoms. The van der Waals surface area contributed by atoms with E-state index in [-0.39, 0.29) is 23.7 Å². The molecule has 2 aromatic rings. The van der Waals surface area contributed by atoms with Crippen molar-refractivity contribution in [1.29, 1.82) is 0 Å². The number of hydrogen-bond donors (Lipinski definition) is 1. The highest BCUT2D eigenvalue weighted by Crippen LogP contribution is 2.26. The number of hydrogen-bond acceptors (Lipinski definition) is 4. The van der Waals surface area contributed by atoms with Crippen molar-refractivity contribution in [3.63, 3.8) is 0 Å². The van der Waals surface area contributed by atoms with E-state index >= 15 is 0 Å². The molecule has 22 heavy (non-hydrogen) atoms. The van der Waals surface area contributed by atoms with Crippen LogP contribution in [0.3, 0.4) is 0 Å². The van der Waals surface area contributed by atoms with E-state index in [0.717, 1.165) is 11.1 Å². The van der Waals surface area contributed by atoms with Gasteiger partial charge in [-0.2, -0.15) is 0 Å². The minimum atomic E-state index is -0.508. The van der Waals surface area contributed by atoms with E-state index < -0.39 is 4.92 Å². The molecule has 0 aliphatic carbocycles. The fourth-order valence-electron chi connectivity index (χ4n) is 2.11. The van der Waals surface area contributed by atoms with Crippen molar-refractivity contribution in [2.75, 3.05) is 12.4 Å². The third-order valence-corrected chi connectivity index (χ3v) is 3.17. The highest BCUT2D eigenvalue weighted by molar-refractivity contribution is 5.94. The van der Waals surface area contributed by atoms with Crippen LogP contribution in [0.1, 0.15) is 11.1 Å². The number of nitrogens with one attached hydrogen (secondary N) is 1. The molecule has 1 amide bonds. The van der Waals surface area contributed by atoms with Crippen molar-refractivity contribution in [2.24, 2.45) is 0 Å². The smallest absolute Gasteiger partial charge is 0.293 e. The lowest BCUT2D eigenvalue weighted by molar-refractivity contribution is -0.384. The Bertz CT molecular complexity index is 713. The fraction of sp³-hybridized carbons (Fsp3) is 0.188. The molecule has 0 radical (unpaired) electrons. The quantitative estimate of drug-likeness (QED) is 0.679. The van der Waals surface area contributed by atoms with Crippen LogP contribution in [-0.4, -0.2) is 17.9 Å². The monoisotopic (exact) mass is 300 g/mol. The number of anilines is 1. The van der Waals surface area contributed by atoms with E-state index in [0.29, 0.717) is 5.75 Å². The Balaban J connectivity index is 2.17. The first kappa shape index (κ1) is 15.5. The van der Waals surface area contributed by atoms with Gasteiger partial charge in [-0.25, -0.2) is 0 Å². The predicted molar refractivity (Wildman–Crippen MR) is 83.2 cm³/mol. The highest BCUT2D eigenvalue weighted by atomic mass is 16.6. The van der Waals surface area contributed by atoms with Crippen LogP contribution < -0.4 is 10.1 Å². The molecule has 1 N–H and O–H groups in total. The number of benzene rings is 2. The zero-order chi connectivity index (χ0) is 16.1. The number of aryl methyl sites for hydroxylation is 1. The van der Waals surface area contributed by atoms with Gasteiger partial charge in [0.25, 0.3) is 5.69 Å². The molecule has 0 heterocycles. The minimum absolute atomic E-state index is 0.0784. The van der Waals surface area contributed by atoms with Crippen LogP contribution in [0.5, 0.6) is 5.75 Å². The van der Waals surface area contributed by atoms with E-state index in [1.807, 2.05) is 6.07 Å². The van der Waals surface area contributed by atoms with Gasteiger partial charge in [0.2, 0.25) is 5.91 Å². The average molecular weight is 300 g/mol. The summed E-state index contributed by atoms with van der Waals surface area (Å²) in [5.41, 5.74) is 1.55. The zero-order valence-corrected chi connectivity index (χ0v) is 12.3. The first-order valence-corrected chi connectivity index (χ1v) is 6.68. The highest BCUT2D eigenvalue weighted by Gasteiger charge is 2.16. The van der Waals surface area contributed by atoms with Gasteiger partial charge in [0.1, 0.15) is 11.4 Å². The van der Waals surface area contributed by atoms with Gasteiger partial charge in [-0.3, -0.25) is 14.9 Å². The van der Waals surface area contributed by atoms with Crippen molar-refractivity contribution >= 4 is 17.3 Å². The third-order valence-electron chi connectivity index (χ3n) is 3.17. The minimum Gasteiger partial charge on any atom is -0.496 e. The summed E-state index contributed by atoms with van der Waals surface area (Å²) in [5, 5.41) is 13.6. The van der Waals surface area contributed by atoms with E-state index in [1.165, 1.54) is 19.2 Å². The molecular formula is C16H16N2O4. The van der Waals surface area contributed by atoms with Crippen molar-refractivity contribution in [3.8, 4) is 5.75 Å². The van der Waals surface area contributed by atoms with Crippen molar-refractivity contribution in [1.82, 2.24) is 0 Å². The summed E-state index contributed by atoms with van der Waals surface area (Å²) in [6, 6.07) is 11.8. The number of para-hydroxylation sites is 1. The molecule has 0 unspecified atom stereocenters. The average Bonchev–Trinajstić information content (AvgIpc) is 2.49. The van der Waals surface area contributed by atoms with Gasteiger partial charge in [0.15, 0.2) is 0 Å². The van der Waals surface area contributed by atoms with Crippen molar-refractivity contribution in [2.45, 2.75) is 13.3 Å². The number of ether oxygens (including phenoxy) is 1. The molecule has 2 rings (SSSR count). The molecule has 0 aliphatic rings. The molecule has 0 aliphatic heterocycles. The number of nitro benzene ring substituents is 1. The first-order chi connectivity index (χ1) is 10.5. The van der Waals surface area contributed by atoms with Crippen LogP contribution in [0.2, 0.25) is 0 Å². The molecule has 0 saturated carbocycles. The third kappa shape index (κ3) is 3.60. The normalized spacial score (nSPS) is 10.1. The van der Waals surface area contributed by atoms with Gasteiger partial charge in [-0.1, -0.05) is 24.3 Å². The Morgan fingerprint density at radius 3 is 2.68 bits per heavy atom. The molecule has 0 atom stereocenters. The van der Waals surface area contributed by atoms with Gasteiger partial charge in [-0.15, -0.1) is 0 Å². The second-order valence-corrected chi connectivity index (χ2v) is 4.81. The first-order valence-electron chi connectivity index (χ1n) is 6.68. The van der Waals surface area contributed by atoms with E-state index in [1.54, 1.807) is 31.2 Å². The van der Waals surface area contributed by atoms with Gasteiger partial charge >= 0.3 is 0 Å². The Morgan fingerprint density at radius 1 is 1.27 bits per heavy atom. The molecule has 0 bridgehead atoms. The van der Waals surface area contributed by atoms with Crippen LogP contribution >= 0.6 is 0 Å². The van der Waals surface area contributed by atoms with Crippen LogP contribution in [0.15, 0.2) is 42.5 Å². The summed E-state index contributed by atoms with van der Waals surface area (Å²) in [4.78, 5) is 22.7. The van der Waals surface area contributed by atoms with E-state index in [2.05, 4.69) is 5.32 Å². The maximum Gasteiger partial charge on any atom is 0.293 e. The summed E-state index contributed by atoms with van der Waals surface area (Å²) in [6.45, 7) is 1.76. The second kappa shape index (κ2) is 6.71. The molecule has 2 aromatic carbocycles. The molecule has 6 nitrogen and oxygen atoms in total. The number of carbonyl (C=O) groups is 1. The largest absolute Gasteiger partial charge is 0.496 e. The standard InChI is InChI=1S/C16H16N2O4/c1-11-7-8-13(14(9-11)18(20)21)17-16(19)10-12-5-3-4-6-15(12)22-2/h3-9H,10H2,1-2H3,(H,17,19). The Morgan fingerprint density at radius 2 is 2.00 bits per heavy atom. The van der Waals surface area contributed by atoms with E-state index in [9.17, 15) is 14.9 Å². The van der Waals surface area contributed by atoms with Gasteiger partial charge in [0, 0.05) is 11.6 Å². The molecule has 0 saturated heterocycles. The predicted octanol–water partition coefficient (Wildman–Crippen LogP) is 3.09. The summed E-state index contributed by atoms with van der Waals surface area (Å²) < 4.78 is 5.19. The fourth-order valence-corrected chi connectivity index (χ4v) is 2.11. The maximum atomic E-state index is 12.1. The molecule has 114 valence electrons. The number of nitrogens with zero attached hydrogens (tertiary/aromatic N) is 1. The Kier molecular flexibility index (Phi) is 4.73. The van der Waals surface area contributed by atoms with Crippen LogP contribution in [0.25, 0.3) is 0 Å². The SMILES string of the molecule is COc1ccccc1CC(=O)Nc1ccc(C)cc1[N+](=O)[O-]. The lowest BCUT2D eigenvalue weighted by Gasteiger charge is -2.09. The summed E-state index contributed by atoms with van der Waals surface area (Å²) in [6.07, 6.45) is 0.0784. The number of amides is 1. The summed E-state index contributed by atoms with van der Waals surface area (Å²) in [5.74, 6) is 0.271.